The molecule has 0 saturated heterocycles. The number of rotatable bonds is 5. The number of nitrogens with zero attached hydrogens (tertiary/aromatic N) is 1. The minimum atomic E-state index is -3.28. The maximum absolute atomic E-state index is 12.1. The molecule has 0 radical (unpaired) electrons. The van der Waals surface area contributed by atoms with Gasteiger partial charge in [-0.3, -0.25) is 9.78 Å². The molecule has 0 unspecified atom stereocenters. The molecular formula is C17H20N2O3S. The van der Waals surface area contributed by atoms with Crippen LogP contribution in [0.1, 0.15) is 25.1 Å². The molecule has 1 N–H and O–H groups in total. The molecule has 122 valence electrons. The number of nitrogens with one attached hydrogen (secondary N) is 1. The normalized spacial score (nSPS) is 11.5. The van der Waals surface area contributed by atoms with Crippen molar-refractivity contribution in [3.8, 4) is 0 Å². The highest BCUT2D eigenvalue weighted by atomic mass is 32.2. The number of sulfone groups is 1. The number of hydrogen-bond donors (Lipinski definition) is 1. The molecule has 1 amide bonds. The zero-order valence-corrected chi connectivity index (χ0v) is 14.2. The Balaban J connectivity index is 2.05. The maximum Gasteiger partial charge on any atom is 0.228 e. The average molecular weight is 332 g/mol. The average Bonchev–Trinajstić information content (AvgIpc) is 2.47. The van der Waals surface area contributed by atoms with E-state index in [1.165, 1.54) is 0 Å². The highest BCUT2D eigenvalue weighted by molar-refractivity contribution is 7.92. The first-order valence-electron chi connectivity index (χ1n) is 7.34. The van der Waals surface area contributed by atoms with Crippen molar-refractivity contribution in [1.82, 2.24) is 4.98 Å². The summed E-state index contributed by atoms with van der Waals surface area (Å²) in [6.07, 6.45) is 1.82. The number of carbonyl (C=O) groups is 1. The van der Waals surface area contributed by atoms with Gasteiger partial charge < -0.3 is 5.32 Å². The van der Waals surface area contributed by atoms with E-state index in [9.17, 15) is 13.2 Å². The molecule has 23 heavy (non-hydrogen) atoms. The lowest BCUT2D eigenvalue weighted by atomic mass is 10.1. The quantitative estimate of drug-likeness (QED) is 0.913. The molecule has 0 fully saturated rings. The minimum absolute atomic E-state index is 0.157. The smallest absolute Gasteiger partial charge is 0.228 e. The summed E-state index contributed by atoms with van der Waals surface area (Å²) in [5.41, 5.74) is 2.28. The van der Waals surface area contributed by atoms with Gasteiger partial charge in [0.15, 0.2) is 9.84 Å². The lowest BCUT2D eigenvalue weighted by molar-refractivity contribution is -0.115. The van der Waals surface area contributed by atoms with Crippen molar-refractivity contribution in [2.24, 2.45) is 0 Å². The van der Waals surface area contributed by atoms with Gasteiger partial charge in [0, 0.05) is 17.6 Å². The monoisotopic (exact) mass is 332 g/mol. The van der Waals surface area contributed by atoms with Crippen LogP contribution in [0.2, 0.25) is 0 Å². The zero-order chi connectivity index (χ0) is 17.0. The number of benzene rings is 1. The van der Waals surface area contributed by atoms with Crippen LogP contribution >= 0.6 is 0 Å². The van der Waals surface area contributed by atoms with Crippen LogP contribution < -0.4 is 5.32 Å². The molecule has 0 bridgehead atoms. The fourth-order valence-electron chi connectivity index (χ4n) is 2.08. The van der Waals surface area contributed by atoms with Crippen molar-refractivity contribution in [2.75, 3.05) is 5.32 Å². The van der Waals surface area contributed by atoms with E-state index < -0.39 is 15.1 Å². The van der Waals surface area contributed by atoms with Crippen molar-refractivity contribution in [1.29, 1.82) is 0 Å². The number of amides is 1. The Morgan fingerprint density at radius 2 is 1.83 bits per heavy atom. The second kappa shape index (κ2) is 6.91. The topological polar surface area (TPSA) is 76.1 Å². The van der Waals surface area contributed by atoms with Gasteiger partial charge in [-0.15, -0.1) is 0 Å². The lowest BCUT2D eigenvalue weighted by Crippen LogP contribution is -2.15. The van der Waals surface area contributed by atoms with Gasteiger partial charge in [0.05, 0.1) is 16.6 Å². The van der Waals surface area contributed by atoms with Gasteiger partial charge in [0.1, 0.15) is 0 Å². The van der Waals surface area contributed by atoms with Crippen molar-refractivity contribution >= 4 is 21.4 Å². The summed E-state index contributed by atoms with van der Waals surface area (Å²) >= 11 is 0. The Bertz CT molecular complexity index is 797. The SMILES string of the molecule is Cc1cc(NC(=O)Cc2ccc(S(=O)(=O)C(C)C)cc2)ccn1. The van der Waals surface area contributed by atoms with Crippen LogP contribution in [0.25, 0.3) is 0 Å². The summed E-state index contributed by atoms with van der Waals surface area (Å²) < 4.78 is 24.1. The fraction of sp³-hybridized carbons (Fsp3) is 0.294. The molecule has 0 aliphatic rings. The van der Waals surface area contributed by atoms with Gasteiger partial charge in [0.25, 0.3) is 0 Å². The Morgan fingerprint density at radius 1 is 1.17 bits per heavy atom. The van der Waals surface area contributed by atoms with Gasteiger partial charge in [-0.1, -0.05) is 12.1 Å². The van der Waals surface area contributed by atoms with Crippen LogP contribution in [0.3, 0.4) is 0 Å². The molecule has 1 aromatic carbocycles. The summed E-state index contributed by atoms with van der Waals surface area (Å²) in [4.78, 5) is 16.4. The maximum atomic E-state index is 12.1. The Hall–Kier alpha value is -2.21. The van der Waals surface area contributed by atoms with E-state index in [0.29, 0.717) is 5.69 Å². The first-order valence-corrected chi connectivity index (χ1v) is 8.89. The van der Waals surface area contributed by atoms with E-state index in [4.69, 9.17) is 0 Å². The van der Waals surface area contributed by atoms with Crippen LogP contribution in [0.15, 0.2) is 47.5 Å². The Labute approximate surface area is 136 Å². The second-order valence-corrected chi connectivity index (χ2v) is 8.15. The first-order chi connectivity index (χ1) is 10.8. The van der Waals surface area contributed by atoms with Crippen molar-refractivity contribution in [3.63, 3.8) is 0 Å². The summed E-state index contributed by atoms with van der Waals surface area (Å²) in [6.45, 7) is 5.14. The van der Waals surface area contributed by atoms with Crippen LogP contribution in [-0.2, 0) is 21.1 Å². The number of carbonyl (C=O) groups excluding carboxylic acids is 1. The molecule has 0 saturated carbocycles. The van der Waals surface area contributed by atoms with E-state index in [2.05, 4.69) is 10.3 Å². The highest BCUT2D eigenvalue weighted by Gasteiger charge is 2.18. The van der Waals surface area contributed by atoms with Crippen molar-refractivity contribution < 1.29 is 13.2 Å². The molecule has 6 heteroatoms. The summed E-state index contributed by atoms with van der Waals surface area (Å²) in [5, 5.41) is 2.33. The van der Waals surface area contributed by atoms with Crippen LogP contribution in [0, 0.1) is 6.92 Å². The largest absolute Gasteiger partial charge is 0.326 e. The third-order valence-corrected chi connectivity index (χ3v) is 5.59. The summed E-state index contributed by atoms with van der Waals surface area (Å²) in [6, 6.07) is 9.96. The number of anilines is 1. The van der Waals surface area contributed by atoms with Crippen LogP contribution in [0.4, 0.5) is 5.69 Å². The third-order valence-electron chi connectivity index (χ3n) is 3.42. The highest BCUT2D eigenvalue weighted by Crippen LogP contribution is 2.17. The standard InChI is InChI=1S/C17H20N2O3S/c1-12(2)23(21,22)16-6-4-14(5-7-16)11-17(20)19-15-8-9-18-13(3)10-15/h4-10,12H,11H2,1-3H3,(H,18,19,20). The molecule has 2 rings (SSSR count). The summed E-state index contributed by atoms with van der Waals surface area (Å²) in [7, 11) is -3.28. The number of aromatic nitrogens is 1. The molecule has 0 aliphatic heterocycles. The molecule has 5 nitrogen and oxygen atoms in total. The molecule has 2 aromatic rings. The Kier molecular flexibility index (Phi) is 5.15. The van der Waals surface area contributed by atoms with Crippen molar-refractivity contribution in [2.45, 2.75) is 37.3 Å². The fourth-order valence-corrected chi connectivity index (χ4v) is 3.14. The molecule has 1 aromatic heterocycles. The number of hydrogen-bond acceptors (Lipinski definition) is 4. The van der Waals surface area contributed by atoms with Gasteiger partial charge in [-0.05, 0) is 50.6 Å². The molecule has 1 heterocycles. The summed E-state index contributed by atoms with van der Waals surface area (Å²) in [5.74, 6) is -0.157. The van der Waals surface area contributed by atoms with Gasteiger partial charge in [0.2, 0.25) is 5.91 Å². The van der Waals surface area contributed by atoms with E-state index >= 15 is 0 Å². The number of aryl methyl sites for hydroxylation is 1. The second-order valence-electron chi connectivity index (χ2n) is 5.65. The van der Waals surface area contributed by atoms with E-state index in [1.54, 1.807) is 56.4 Å². The van der Waals surface area contributed by atoms with Gasteiger partial charge in [-0.25, -0.2) is 8.42 Å². The minimum Gasteiger partial charge on any atom is -0.326 e. The zero-order valence-electron chi connectivity index (χ0n) is 13.4. The Morgan fingerprint density at radius 3 is 2.39 bits per heavy atom. The third kappa shape index (κ3) is 4.39. The van der Waals surface area contributed by atoms with Crippen LogP contribution in [0.5, 0.6) is 0 Å². The predicted molar refractivity (Wildman–Crippen MR) is 90.1 cm³/mol. The van der Waals surface area contributed by atoms with E-state index in [0.717, 1.165) is 11.3 Å². The van der Waals surface area contributed by atoms with Gasteiger partial charge in [-0.2, -0.15) is 0 Å². The molecular weight excluding hydrogens is 312 g/mol. The molecule has 0 atom stereocenters. The molecule has 0 aliphatic carbocycles. The number of pyridine rings is 1. The van der Waals surface area contributed by atoms with E-state index in [1.807, 2.05) is 6.92 Å². The van der Waals surface area contributed by atoms with E-state index in [-0.39, 0.29) is 17.2 Å². The predicted octanol–water partition coefficient (Wildman–Crippen LogP) is 2.75. The van der Waals surface area contributed by atoms with Gasteiger partial charge >= 0.3 is 0 Å². The molecule has 0 spiro atoms. The van der Waals surface area contributed by atoms with Crippen molar-refractivity contribution in [3.05, 3.63) is 53.9 Å². The lowest BCUT2D eigenvalue weighted by Gasteiger charge is -2.09. The first kappa shape index (κ1) is 17.1. The van der Waals surface area contributed by atoms with Crippen LogP contribution in [-0.4, -0.2) is 24.6 Å².